The fourth-order valence-electron chi connectivity index (χ4n) is 3.92. The molecule has 1 N–H and O–H groups in total. The number of hydrogen-bond acceptors (Lipinski definition) is 4. The first-order chi connectivity index (χ1) is 14.5. The lowest BCUT2D eigenvalue weighted by atomic mass is 9.98. The summed E-state index contributed by atoms with van der Waals surface area (Å²) in [6, 6.07) is 22.0. The minimum absolute atomic E-state index is 0.0751. The summed E-state index contributed by atoms with van der Waals surface area (Å²) in [6.45, 7) is 0.146. The number of carbonyl (C=O) groups is 2. The highest BCUT2D eigenvalue weighted by molar-refractivity contribution is 6.30. The van der Waals surface area contributed by atoms with Gasteiger partial charge in [-0.2, -0.15) is 0 Å². The third-order valence-corrected chi connectivity index (χ3v) is 5.49. The molecule has 0 aliphatic heterocycles. The van der Waals surface area contributed by atoms with E-state index in [0.717, 1.165) is 22.3 Å². The first-order valence-corrected chi connectivity index (χ1v) is 9.97. The van der Waals surface area contributed by atoms with E-state index in [4.69, 9.17) is 16.3 Å². The summed E-state index contributed by atoms with van der Waals surface area (Å²) in [5.74, 6) is -1.35. The molecule has 0 saturated carbocycles. The van der Waals surface area contributed by atoms with Crippen molar-refractivity contribution in [1.82, 2.24) is 5.32 Å². The molecule has 30 heavy (non-hydrogen) atoms. The zero-order chi connectivity index (χ0) is 21.1. The topological polar surface area (TPSA) is 78.5 Å². The summed E-state index contributed by atoms with van der Waals surface area (Å²) in [6.07, 6.45) is -1.08. The van der Waals surface area contributed by atoms with Crippen molar-refractivity contribution >= 4 is 23.7 Å². The molecule has 1 aliphatic rings. The van der Waals surface area contributed by atoms with Crippen LogP contribution in [0.25, 0.3) is 11.1 Å². The van der Waals surface area contributed by atoms with Gasteiger partial charge in [0.25, 0.3) is 0 Å². The fourth-order valence-corrected chi connectivity index (χ4v) is 4.12. The Bertz CT molecular complexity index is 1050. The Kier molecular flexibility index (Phi) is 5.72. The van der Waals surface area contributed by atoms with Crippen LogP contribution in [0.4, 0.5) is 4.79 Å². The lowest BCUT2D eigenvalue weighted by Crippen LogP contribution is -2.35. The third kappa shape index (κ3) is 4.16. The van der Waals surface area contributed by atoms with Crippen LogP contribution in [-0.2, 0) is 9.53 Å². The minimum atomic E-state index is -1.28. The second kappa shape index (κ2) is 8.59. The van der Waals surface area contributed by atoms with E-state index in [1.807, 2.05) is 36.4 Å². The molecule has 1 atom stereocenters. The van der Waals surface area contributed by atoms with Gasteiger partial charge in [0.05, 0.1) is 6.04 Å². The molecule has 0 spiro atoms. The molecule has 0 bridgehead atoms. The van der Waals surface area contributed by atoms with Crippen molar-refractivity contribution < 1.29 is 19.4 Å². The molecule has 0 radical (unpaired) electrons. The van der Waals surface area contributed by atoms with Crippen LogP contribution in [-0.4, -0.2) is 18.7 Å². The second-order valence-electron chi connectivity index (χ2n) is 7.15. The highest BCUT2D eigenvalue weighted by Crippen LogP contribution is 2.44. The van der Waals surface area contributed by atoms with E-state index in [-0.39, 0.29) is 18.9 Å². The van der Waals surface area contributed by atoms with Crippen LogP contribution in [0.5, 0.6) is 0 Å². The Hall–Kier alpha value is -3.31. The first kappa shape index (κ1) is 20.0. The summed E-state index contributed by atoms with van der Waals surface area (Å²) < 4.78 is 5.51. The van der Waals surface area contributed by atoms with Gasteiger partial charge in [0.2, 0.25) is 0 Å². The molecule has 4 rings (SSSR count). The molecule has 0 aromatic heterocycles. The van der Waals surface area contributed by atoms with Crippen molar-refractivity contribution in [2.45, 2.75) is 18.4 Å². The van der Waals surface area contributed by atoms with E-state index >= 15 is 0 Å². The molecule has 5 nitrogen and oxygen atoms in total. The molecule has 3 aromatic rings. The third-order valence-electron chi connectivity index (χ3n) is 5.26. The number of hydrogen-bond donors (Lipinski definition) is 1. The maximum atomic E-state index is 12.5. The Balaban J connectivity index is 1.48. The quantitative estimate of drug-likeness (QED) is 0.652. The van der Waals surface area contributed by atoms with E-state index in [9.17, 15) is 14.7 Å². The normalized spacial score (nSPS) is 13.2. The number of carboxylic acid groups (broad SMARTS) is 1. The van der Waals surface area contributed by atoms with Crippen LogP contribution >= 0.6 is 11.6 Å². The summed E-state index contributed by atoms with van der Waals surface area (Å²) in [5, 5.41) is 14.2. The van der Waals surface area contributed by atoms with Gasteiger partial charge in [-0.05, 0) is 39.9 Å². The first-order valence-electron chi connectivity index (χ1n) is 9.59. The predicted octanol–water partition coefficient (Wildman–Crippen LogP) is 4.06. The Morgan fingerprint density at radius 1 is 0.967 bits per heavy atom. The number of rotatable bonds is 6. The van der Waals surface area contributed by atoms with Crippen molar-refractivity contribution in [3.8, 4) is 11.1 Å². The molecule has 6 heteroatoms. The van der Waals surface area contributed by atoms with E-state index in [1.54, 1.807) is 24.3 Å². The SMILES string of the molecule is O=C([O-])C[C@H](NC(=O)OCC1c2ccccc2-c2ccccc21)c1cccc(Cl)c1. The zero-order valence-corrected chi connectivity index (χ0v) is 16.8. The van der Waals surface area contributed by atoms with Gasteiger partial charge >= 0.3 is 6.09 Å². The number of benzene rings is 3. The minimum Gasteiger partial charge on any atom is -0.550 e. The highest BCUT2D eigenvalue weighted by atomic mass is 35.5. The van der Waals surface area contributed by atoms with Gasteiger partial charge in [-0.15, -0.1) is 0 Å². The number of fused-ring (bicyclic) bond motifs is 3. The standard InChI is InChI=1S/C24H20ClNO4/c25-16-7-5-6-15(12-16)22(13-23(27)28)26-24(29)30-14-21-19-10-3-1-8-17(19)18-9-2-4-11-20(18)21/h1-12,21-22H,13-14H2,(H,26,29)(H,27,28)/p-1/t22-/m0/s1. The molecule has 1 aliphatic carbocycles. The van der Waals surface area contributed by atoms with Crippen molar-refractivity contribution in [3.05, 3.63) is 94.5 Å². The number of ether oxygens (including phenoxy) is 1. The number of halogens is 1. The number of amides is 1. The van der Waals surface area contributed by atoms with E-state index in [2.05, 4.69) is 17.4 Å². The van der Waals surface area contributed by atoms with Crippen molar-refractivity contribution in [1.29, 1.82) is 0 Å². The molecule has 152 valence electrons. The van der Waals surface area contributed by atoms with Crippen molar-refractivity contribution in [3.63, 3.8) is 0 Å². The van der Waals surface area contributed by atoms with Gasteiger partial charge in [0, 0.05) is 23.3 Å². The second-order valence-corrected chi connectivity index (χ2v) is 7.59. The highest BCUT2D eigenvalue weighted by Gasteiger charge is 2.29. The van der Waals surface area contributed by atoms with Crippen molar-refractivity contribution in [2.24, 2.45) is 0 Å². The molecular formula is C24H19ClNO4-. The number of carboxylic acids is 1. The Morgan fingerprint density at radius 2 is 1.60 bits per heavy atom. The molecular weight excluding hydrogens is 402 g/mol. The van der Waals surface area contributed by atoms with E-state index < -0.39 is 18.1 Å². The maximum Gasteiger partial charge on any atom is 0.407 e. The van der Waals surface area contributed by atoms with Crippen LogP contribution in [0.3, 0.4) is 0 Å². The smallest absolute Gasteiger partial charge is 0.407 e. The molecule has 0 saturated heterocycles. The monoisotopic (exact) mass is 420 g/mol. The van der Waals surface area contributed by atoms with E-state index in [0.29, 0.717) is 10.6 Å². The molecule has 0 heterocycles. The van der Waals surface area contributed by atoms with Gasteiger partial charge in [-0.3, -0.25) is 0 Å². The van der Waals surface area contributed by atoms with Gasteiger partial charge < -0.3 is 20.0 Å². The van der Waals surface area contributed by atoms with Crippen LogP contribution in [0.15, 0.2) is 72.8 Å². The van der Waals surface area contributed by atoms with Crippen LogP contribution in [0.1, 0.15) is 35.1 Å². The Morgan fingerprint density at radius 3 is 2.20 bits per heavy atom. The lowest BCUT2D eigenvalue weighted by Gasteiger charge is -2.21. The Labute approximate surface area is 179 Å². The van der Waals surface area contributed by atoms with Gasteiger partial charge in [0.1, 0.15) is 6.61 Å². The van der Waals surface area contributed by atoms with Crippen LogP contribution in [0.2, 0.25) is 5.02 Å². The average Bonchev–Trinajstić information content (AvgIpc) is 3.05. The zero-order valence-electron chi connectivity index (χ0n) is 16.0. The van der Waals surface area contributed by atoms with Crippen LogP contribution < -0.4 is 10.4 Å². The predicted molar refractivity (Wildman–Crippen MR) is 112 cm³/mol. The lowest BCUT2D eigenvalue weighted by molar-refractivity contribution is -0.306. The van der Waals surface area contributed by atoms with Crippen molar-refractivity contribution in [2.75, 3.05) is 6.61 Å². The molecule has 0 fully saturated rings. The van der Waals surface area contributed by atoms with Crippen LogP contribution in [0, 0.1) is 0 Å². The molecule has 0 unspecified atom stereocenters. The summed E-state index contributed by atoms with van der Waals surface area (Å²) >= 11 is 6.00. The fraction of sp³-hybridized carbons (Fsp3) is 0.167. The number of carbonyl (C=O) groups excluding carboxylic acids is 2. The summed E-state index contributed by atoms with van der Waals surface area (Å²) in [4.78, 5) is 23.6. The summed E-state index contributed by atoms with van der Waals surface area (Å²) in [5.41, 5.74) is 5.05. The van der Waals surface area contributed by atoms with Gasteiger partial charge in [-0.1, -0.05) is 72.3 Å². The average molecular weight is 421 g/mol. The van der Waals surface area contributed by atoms with Gasteiger partial charge in [0.15, 0.2) is 0 Å². The molecule has 1 amide bonds. The number of alkyl carbamates (subject to hydrolysis) is 1. The number of aliphatic carboxylic acids is 1. The maximum absolute atomic E-state index is 12.5. The largest absolute Gasteiger partial charge is 0.550 e. The number of nitrogens with one attached hydrogen (secondary N) is 1. The van der Waals surface area contributed by atoms with Gasteiger partial charge in [-0.25, -0.2) is 4.79 Å². The van der Waals surface area contributed by atoms with E-state index in [1.165, 1.54) is 0 Å². The summed E-state index contributed by atoms with van der Waals surface area (Å²) in [7, 11) is 0. The molecule has 3 aromatic carbocycles.